The van der Waals surface area contributed by atoms with E-state index < -0.39 is 7.26 Å². The molecule has 0 aliphatic rings. The Balaban J connectivity index is 0.00000289. The number of methoxy groups -OCH3 is 2. The van der Waals surface area contributed by atoms with Gasteiger partial charge in [0.2, 0.25) is 0 Å². The Kier molecular flexibility index (Phi) is 7.95. The molecular weight excluding hydrogens is 483 g/mol. The predicted molar refractivity (Wildman–Crippen MR) is 142 cm³/mol. The van der Waals surface area contributed by atoms with Crippen molar-refractivity contribution in [2.24, 2.45) is 0 Å². The molecule has 32 heavy (non-hydrogen) atoms. The van der Waals surface area contributed by atoms with E-state index in [-0.39, 0.29) is 22.7 Å². The molecule has 0 aromatic heterocycles. The van der Waals surface area contributed by atoms with Gasteiger partial charge in [-0.05, 0) is 0 Å². The number of phenols is 1. The van der Waals surface area contributed by atoms with E-state index in [1.54, 1.807) is 20.3 Å². The number of benzene rings is 4. The summed E-state index contributed by atoms with van der Waals surface area (Å²) in [7, 11) is 0.682. The van der Waals surface area contributed by atoms with Gasteiger partial charge < -0.3 is 0 Å². The molecule has 0 aliphatic carbocycles. The van der Waals surface area contributed by atoms with Gasteiger partial charge in [-0.25, -0.2) is 0 Å². The van der Waals surface area contributed by atoms with E-state index >= 15 is 0 Å². The van der Waals surface area contributed by atoms with Gasteiger partial charge in [0.15, 0.2) is 0 Å². The number of ether oxygens (including phenoxy) is 2. The summed E-state index contributed by atoms with van der Waals surface area (Å²) in [6.45, 7) is 0. The first-order chi connectivity index (χ1) is 15.2. The van der Waals surface area contributed by atoms with Crippen LogP contribution in [0.2, 0.25) is 0 Å². The normalized spacial score (nSPS) is 11.3. The summed E-state index contributed by atoms with van der Waals surface area (Å²) in [6, 6.07) is 35.5. The van der Waals surface area contributed by atoms with Crippen LogP contribution in [-0.2, 0) is 6.16 Å². The maximum absolute atomic E-state index is 10.9. The van der Waals surface area contributed by atoms with Crippen LogP contribution in [0.1, 0.15) is 5.56 Å². The molecule has 0 aliphatic heterocycles. The first-order valence-electron chi connectivity index (χ1n) is 10.3. The Hall–Kier alpha value is -2.81. The van der Waals surface area contributed by atoms with E-state index in [1.165, 1.54) is 15.9 Å². The number of hydrogen-bond acceptors (Lipinski definition) is 3. The molecule has 0 unspecified atom stereocenters. The molecule has 0 saturated carbocycles. The van der Waals surface area contributed by atoms with E-state index in [1.807, 2.05) is 24.3 Å². The molecule has 0 spiro atoms. The zero-order valence-corrected chi connectivity index (χ0v) is 20.9. The van der Waals surface area contributed by atoms with Crippen molar-refractivity contribution < 1.29 is 14.6 Å². The molecule has 0 saturated heterocycles. The van der Waals surface area contributed by atoms with Crippen LogP contribution < -0.4 is 25.4 Å². The molecule has 0 bridgehead atoms. The fraction of sp³-hybridized carbons (Fsp3) is 0.111. The summed E-state index contributed by atoms with van der Waals surface area (Å²) in [6.07, 6.45) is 0.692. The number of phenolic OH excluding ortho intramolecular Hbond substituents is 1. The SMILES string of the molecule is Br.COc1cc(O)c(C[PH](c2ccccc2)(c2ccccc2)c2ccccc2)cc1OC. The topological polar surface area (TPSA) is 38.7 Å². The molecule has 3 nitrogen and oxygen atoms in total. The quantitative estimate of drug-likeness (QED) is 0.346. The van der Waals surface area contributed by atoms with Crippen LogP contribution in [0.15, 0.2) is 103 Å². The zero-order valence-electron chi connectivity index (χ0n) is 18.2. The van der Waals surface area contributed by atoms with Crippen molar-refractivity contribution in [1.82, 2.24) is 0 Å². The summed E-state index contributed by atoms with van der Waals surface area (Å²) in [5, 5.41) is 14.8. The van der Waals surface area contributed by atoms with Crippen LogP contribution in [-0.4, -0.2) is 19.3 Å². The van der Waals surface area contributed by atoms with Gasteiger partial charge in [-0.1, -0.05) is 0 Å². The Morgan fingerprint density at radius 3 is 1.38 bits per heavy atom. The van der Waals surface area contributed by atoms with E-state index in [4.69, 9.17) is 9.47 Å². The standard InChI is InChI=1S/C27H27O3P.BrH/c1-29-26-18-21(25(28)19-27(26)30-2)20-31(22-12-6-3-7-13-22,23-14-8-4-9-15-23)24-16-10-5-11-17-24;/h3-19,28,31H,20H2,1-2H3;1H. The van der Waals surface area contributed by atoms with E-state index in [0.29, 0.717) is 17.7 Å². The minimum atomic E-state index is -2.52. The molecule has 5 heteroatoms. The van der Waals surface area contributed by atoms with Gasteiger partial charge >= 0.3 is 184 Å². The van der Waals surface area contributed by atoms with Crippen LogP contribution in [0.4, 0.5) is 0 Å². The summed E-state index contributed by atoms with van der Waals surface area (Å²) in [4.78, 5) is 0. The molecule has 0 radical (unpaired) electrons. The average molecular weight is 511 g/mol. The Bertz CT molecular complexity index is 1040. The molecule has 1 N–H and O–H groups in total. The number of aromatic hydroxyl groups is 1. The summed E-state index contributed by atoms with van der Waals surface area (Å²) >= 11 is 0. The van der Waals surface area contributed by atoms with Crippen LogP contribution in [0.5, 0.6) is 17.2 Å². The first-order valence-corrected chi connectivity index (χ1v) is 12.5. The Labute approximate surface area is 200 Å². The second-order valence-corrected chi connectivity index (χ2v) is 11.4. The van der Waals surface area contributed by atoms with Crippen LogP contribution in [0.25, 0.3) is 0 Å². The third-order valence-electron chi connectivity index (χ3n) is 5.84. The first kappa shape index (κ1) is 23.8. The number of hydrogen-bond donors (Lipinski definition) is 1. The van der Waals surface area contributed by atoms with Gasteiger partial charge in [0, 0.05) is 0 Å². The molecule has 0 atom stereocenters. The molecule has 0 fully saturated rings. The van der Waals surface area contributed by atoms with Gasteiger partial charge in [0.1, 0.15) is 0 Å². The monoisotopic (exact) mass is 510 g/mol. The third kappa shape index (κ3) is 4.53. The van der Waals surface area contributed by atoms with Crippen LogP contribution >= 0.6 is 24.2 Å². The molecular formula is C27H28BrO3P. The number of rotatable bonds is 7. The van der Waals surface area contributed by atoms with Crippen molar-refractivity contribution >= 4 is 40.2 Å². The van der Waals surface area contributed by atoms with Crippen LogP contribution in [0, 0.1) is 0 Å². The van der Waals surface area contributed by atoms with Crippen molar-refractivity contribution in [3.05, 3.63) is 109 Å². The van der Waals surface area contributed by atoms with Gasteiger partial charge in [-0.3, -0.25) is 0 Å². The average Bonchev–Trinajstić information content (AvgIpc) is 2.84. The molecule has 4 aromatic carbocycles. The molecule has 0 heterocycles. The zero-order chi connectivity index (χ0) is 21.7. The van der Waals surface area contributed by atoms with Crippen molar-refractivity contribution in [3.63, 3.8) is 0 Å². The molecule has 4 aromatic rings. The second kappa shape index (κ2) is 10.7. The van der Waals surface area contributed by atoms with Gasteiger partial charge in [0.25, 0.3) is 0 Å². The molecule has 0 amide bonds. The van der Waals surface area contributed by atoms with Gasteiger partial charge in [-0.15, -0.1) is 17.0 Å². The fourth-order valence-corrected chi connectivity index (χ4v) is 9.06. The van der Waals surface area contributed by atoms with Crippen molar-refractivity contribution in [2.45, 2.75) is 6.16 Å². The molecule has 166 valence electrons. The van der Waals surface area contributed by atoms with E-state index in [2.05, 4.69) is 72.8 Å². The fourth-order valence-electron chi connectivity index (χ4n) is 4.31. The summed E-state index contributed by atoms with van der Waals surface area (Å²) < 4.78 is 10.9. The second-order valence-electron chi connectivity index (χ2n) is 7.52. The van der Waals surface area contributed by atoms with Crippen molar-refractivity contribution in [2.75, 3.05) is 14.2 Å². The Morgan fingerprint density at radius 1 is 0.625 bits per heavy atom. The van der Waals surface area contributed by atoms with Gasteiger partial charge in [-0.2, -0.15) is 0 Å². The van der Waals surface area contributed by atoms with Crippen molar-refractivity contribution in [1.29, 1.82) is 0 Å². The van der Waals surface area contributed by atoms with E-state index in [0.717, 1.165) is 5.56 Å². The van der Waals surface area contributed by atoms with Crippen molar-refractivity contribution in [3.8, 4) is 17.2 Å². The minimum absolute atomic E-state index is 0. The maximum atomic E-state index is 10.9. The summed E-state index contributed by atoms with van der Waals surface area (Å²) in [5.41, 5.74) is 0.848. The summed E-state index contributed by atoms with van der Waals surface area (Å²) in [5.74, 6) is 1.36. The number of halogens is 1. The van der Waals surface area contributed by atoms with Crippen LogP contribution in [0.3, 0.4) is 0 Å². The molecule has 4 rings (SSSR count). The third-order valence-corrected chi connectivity index (χ3v) is 10.7. The van der Waals surface area contributed by atoms with E-state index in [9.17, 15) is 5.11 Å². The predicted octanol–water partition coefficient (Wildman–Crippen LogP) is 5.21. The van der Waals surface area contributed by atoms with Gasteiger partial charge in [0.05, 0.1) is 0 Å². The Morgan fingerprint density at radius 2 is 1.00 bits per heavy atom.